The summed E-state index contributed by atoms with van der Waals surface area (Å²) in [5.74, 6) is 0.782. The number of hydrogen-bond acceptors (Lipinski definition) is 2. The molecule has 2 unspecified atom stereocenters. The largest absolute Gasteiger partial charge is 0.392 e. The Morgan fingerprint density at radius 2 is 2.00 bits per heavy atom. The lowest BCUT2D eigenvalue weighted by atomic mass is 9.81. The standard InChI is InChI=1S/C17H27NO/c1-13-6-5-9-15(10-13)16(12-18)17(19)11-14-7-3-2-4-8-14/h5-6,9-10,14,16-17,19H,2-4,7-8,11-12,18H2,1H3. The summed E-state index contributed by atoms with van der Waals surface area (Å²) < 4.78 is 0. The zero-order valence-electron chi connectivity index (χ0n) is 12.0. The smallest absolute Gasteiger partial charge is 0.0623 e. The highest BCUT2D eigenvalue weighted by molar-refractivity contribution is 5.26. The molecular weight excluding hydrogens is 234 g/mol. The minimum Gasteiger partial charge on any atom is -0.392 e. The van der Waals surface area contributed by atoms with E-state index < -0.39 is 0 Å². The summed E-state index contributed by atoms with van der Waals surface area (Å²) in [5.41, 5.74) is 8.32. The van der Waals surface area contributed by atoms with E-state index in [4.69, 9.17) is 5.73 Å². The van der Waals surface area contributed by atoms with Crippen molar-refractivity contribution in [1.82, 2.24) is 0 Å². The molecule has 1 aliphatic rings. The summed E-state index contributed by atoms with van der Waals surface area (Å²) >= 11 is 0. The van der Waals surface area contributed by atoms with Crippen molar-refractivity contribution in [3.63, 3.8) is 0 Å². The van der Waals surface area contributed by atoms with Crippen LogP contribution < -0.4 is 5.73 Å². The van der Waals surface area contributed by atoms with Crippen molar-refractivity contribution in [2.45, 2.75) is 57.5 Å². The van der Waals surface area contributed by atoms with Gasteiger partial charge in [-0.3, -0.25) is 0 Å². The van der Waals surface area contributed by atoms with Gasteiger partial charge in [0.1, 0.15) is 0 Å². The molecule has 0 radical (unpaired) electrons. The maximum Gasteiger partial charge on any atom is 0.0623 e. The van der Waals surface area contributed by atoms with Crippen molar-refractivity contribution in [2.24, 2.45) is 11.7 Å². The molecule has 0 aliphatic heterocycles. The lowest BCUT2D eigenvalue weighted by molar-refractivity contribution is 0.106. The third kappa shape index (κ3) is 4.05. The molecule has 0 heterocycles. The van der Waals surface area contributed by atoms with Crippen molar-refractivity contribution in [3.8, 4) is 0 Å². The summed E-state index contributed by atoms with van der Waals surface area (Å²) in [6.45, 7) is 2.61. The Hall–Kier alpha value is -0.860. The van der Waals surface area contributed by atoms with Gasteiger partial charge in [0.2, 0.25) is 0 Å². The first-order valence-electron chi connectivity index (χ1n) is 7.65. The average molecular weight is 261 g/mol. The maximum atomic E-state index is 10.5. The molecule has 0 saturated heterocycles. The highest BCUT2D eigenvalue weighted by atomic mass is 16.3. The summed E-state index contributed by atoms with van der Waals surface area (Å²) in [5, 5.41) is 10.5. The van der Waals surface area contributed by atoms with E-state index in [0.717, 1.165) is 6.42 Å². The van der Waals surface area contributed by atoms with E-state index in [1.54, 1.807) is 0 Å². The second-order valence-electron chi connectivity index (χ2n) is 6.06. The Balaban J connectivity index is 1.99. The fourth-order valence-corrected chi connectivity index (χ4v) is 3.34. The molecule has 1 aromatic rings. The molecule has 2 rings (SSSR count). The molecule has 2 heteroatoms. The Morgan fingerprint density at radius 1 is 1.26 bits per heavy atom. The van der Waals surface area contributed by atoms with Crippen LogP contribution in [0.4, 0.5) is 0 Å². The third-order valence-electron chi connectivity index (χ3n) is 4.49. The Kier molecular flexibility index (Phi) is 5.41. The topological polar surface area (TPSA) is 46.2 Å². The molecule has 0 amide bonds. The van der Waals surface area contributed by atoms with Gasteiger partial charge in [0, 0.05) is 12.5 Å². The SMILES string of the molecule is Cc1cccc(C(CN)C(O)CC2CCCCC2)c1. The fraction of sp³-hybridized carbons (Fsp3) is 0.647. The molecule has 1 aliphatic carbocycles. The molecule has 2 atom stereocenters. The van der Waals surface area contributed by atoms with Gasteiger partial charge in [-0.25, -0.2) is 0 Å². The number of aryl methyl sites for hydroxylation is 1. The summed E-state index contributed by atoms with van der Waals surface area (Å²) in [7, 11) is 0. The van der Waals surface area contributed by atoms with Crippen molar-refractivity contribution >= 4 is 0 Å². The first-order valence-corrected chi connectivity index (χ1v) is 7.65. The second kappa shape index (κ2) is 7.06. The molecule has 1 saturated carbocycles. The predicted octanol–water partition coefficient (Wildman–Crippen LogP) is 3.37. The van der Waals surface area contributed by atoms with E-state index in [-0.39, 0.29) is 12.0 Å². The molecule has 0 bridgehead atoms. The average Bonchev–Trinajstić information content (AvgIpc) is 2.41. The quantitative estimate of drug-likeness (QED) is 0.853. The van der Waals surface area contributed by atoms with E-state index in [0.29, 0.717) is 12.5 Å². The minimum atomic E-state index is -0.296. The maximum absolute atomic E-state index is 10.5. The van der Waals surface area contributed by atoms with Crippen LogP contribution in [0.1, 0.15) is 55.6 Å². The van der Waals surface area contributed by atoms with Crippen LogP contribution in [0.5, 0.6) is 0 Å². The molecular formula is C17H27NO. The van der Waals surface area contributed by atoms with Crippen molar-refractivity contribution in [1.29, 1.82) is 0 Å². The number of benzene rings is 1. The lowest BCUT2D eigenvalue weighted by Crippen LogP contribution is -2.28. The number of hydrogen-bond donors (Lipinski definition) is 2. The van der Waals surface area contributed by atoms with Crippen LogP contribution in [-0.4, -0.2) is 17.8 Å². The van der Waals surface area contributed by atoms with Gasteiger partial charge in [-0.2, -0.15) is 0 Å². The zero-order valence-corrected chi connectivity index (χ0v) is 12.0. The normalized spacial score (nSPS) is 20.2. The van der Waals surface area contributed by atoms with E-state index >= 15 is 0 Å². The monoisotopic (exact) mass is 261 g/mol. The first-order chi connectivity index (χ1) is 9.20. The minimum absolute atomic E-state index is 0.0850. The van der Waals surface area contributed by atoms with Crippen LogP contribution in [0, 0.1) is 12.8 Å². The molecule has 1 aromatic carbocycles. The van der Waals surface area contributed by atoms with Crippen LogP contribution in [-0.2, 0) is 0 Å². The van der Waals surface area contributed by atoms with Crippen LogP contribution in [0.25, 0.3) is 0 Å². The molecule has 106 valence electrons. The van der Waals surface area contributed by atoms with Crippen molar-refractivity contribution < 1.29 is 5.11 Å². The van der Waals surface area contributed by atoms with Crippen LogP contribution in [0.2, 0.25) is 0 Å². The fourth-order valence-electron chi connectivity index (χ4n) is 3.34. The number of nitrogens with two attached hydrogens (primary N) is 1. The van der Waals surface area contributed by atoms with E-state index in [1.165, 1.54) is 43.2 Å². The van der Waals surface area contributed by atoms with Gasteiger partial charge in [0.25, 0.3) is 0 Å². The predicted molar refractivity (Wildman–Crippen MR) is 80.2 cm³/mol. The van der Waals surface area contributed by atoms with Gasteiger partial charge < -0.3 is 10.8 Å². The Bertz CT molecular complexity index is 385. The second-order valence-corrected chi connectivity index (χ2v) is 6.06. The molecule has 3 N–H and O–H groups in total. The van der Waals surface area contributed by atoms with Gasteiger partial charge in [0.05, 0.1) is 6.10 Å². The first kappa shape index (κ1) is 14.5. The highest BCUT2D eigenvalue weighted by Gasteiger charge is 2.24. The van der Waals surface area contributed by atoms with E-state index in [2.05, 4.69) is 31.2 Å². The van der Waals surface area contributed by atoms with Gasteiger partial charge in [-0.05, 0) is 24.8 Å². The number of aliphatic hydroxyl groups excluding tert-OH is 1. The molecule has 1 fully saturated rings. The van der Waals surface area contributed by atoms with Gasteiger partial charge in [-0.1, -0.05) is 61.9 Å². The summed E-state index contributed by atoms with van der Waals surface area (Å²) in [4.78, 5) is 0. The van der Waals surface area contributed by atoms with Crippen LogP contribution >= 0.6 is 0 Å². The lowest BCUT2D eigenvalue weighted by Gasteiger charge is -2.28. The molecule has 2 nitrogen and oxygen atoms in total. The number of aliphatic hydroxyl groups is 1. The zero-order chi connectivity index (χ0) is 13.7. The van der Waals surface area contributed by atoms with Crippen LogP contribution in [0.15, 0.2) is 24.3 Å². The van der Waals surface area contributed by atoms with E-state index in [1.807, 2.05) is 0 Å². The Morgan fingerprint density at radius 3 is 2.63 bits per heavy atom. The highest BCUT2D eigenvalue weighted by Crippen LogP contribution is 2.31. The summed E-state index contributed by atoms with van der Waals surface area (Å²) in [6, 6.07) is 8.39. The molecule has 0 spiro atoms. The number of rotatable bonds is 5. The molecule has 0 aromatic heterocycles. The molecule has 19 heavy (non-hydrogen) atoms. The van der Waals surface area contributed by atoms with Crippen LogP contribution in [0.3, 0.4) is 0 Å². The van der Waals surface area contributed by atoms with Crippen molar-refractivity contribution in [2.75, 3.05) is 6.54 Å². The summed E-state index contributed by atoms with van der Waals surface area (Å²) in [6.07, 6.45) is 7.20. The third-order valence-corrected chi connectivity index (χ3v) is 4.49. The van der Waals surface area contributed by atoms with E-state index in [9.17, 15) is 5.11 Å². The Labute approximate surface area is 117 Å². The van der Waals surface area contributed by atoms with Gasteiger partial charge >= 0.3 is 0 Å². The van der Waals surface area contributed by atoms with Gasteiger partial charge in [0.15, 0.2) is 0 Å². The van der Waals surface area contributed by atoms with Gasteiger partial charge in [-0.15, -0.1) is 0 Å². The van der Waals surface area contributed by atoms with Crippen molar-refractivity contribution in [3.05, 3.63) is 35.4 Å².